The Kier molecular flexibility index (Phi) is 6.66. The van der Waals surface area contributed by atoms with Crippen LogP contribution in [0.25, 0.3) is 0 Å². The van der Waals surface area contributed by atoms with Gasteiger partial charge in [0.25, 0.3) is 0 Å². The molecule has 6 nitrogen and oxygen atoms in total. The average molecular weight is 366 g/mol. The van der Waals surface area contributed by atoms with Gasteiger partial charge in [-0.2, -0.15) is 0 Å². The van der Waals surface area contributed by atoms with Crippen LogP contribution in [0.2, 0.25) is 0 Å². The summed E-state index contributed by atoms with van der Waals surface area (Å²) < 4.78 is 11.1. The lowest BCUT2D eigenvalue weighted by atomic mass is 9.83. The molecule has 1 aromatic carbocycles. The molecular formula is C20H30O6. The van der Waals surface area contributed by atoms with Gasteiger partial charge in [0.05, 0.1) is 12.7 Å². The molecule has 1 aromatic rings. The summed E-state index contributed by atoms with van der Waals surface area (Å²) in [6, 6.07) is 7.83. The van der Waals surface area contributed by atoms with Crippen molar-refractivity contribution >= 4 is 0 Å². The highest BCUT2D eigenvalue weighted by Gasteiger charge is 2.43. The van der Waals surface area contributed by atoms with E-state index in [0.29, 0.717) is 12.0 Å². The Morgan fingerprint density at radius 3 is 2.42 bits per heavy atom. The molecule has 1 saturated heterocycles. The van der Waals surface area contributed by atoms with Crippen LogP contribution < -0.4 is 0 Å². The van der Waals surface area contributed by atoms with Crippen LogP contribution in [-0.2, 0) is 15.9 Å². The lowest BCUT2D eigenvalue weighted by Gasteiger charge is -2.40. The molecule has 0 spiro atoms. The van der Waals surface area contributed by atoms with Crippen LogP contribution in [0.15, 0.2) is 24.3 Å². The number of rotatable bonds is 5. The first kappa shape index (κ1) is 19.7. The van der Waals surface area contributed by atoms with E-state index in [2.05, 4.69) is 6.07 Å². The normalized spacial score (nSPS) is 38.3. The maximum atomic E-state index is 10.3. The molecule has 0 unspecified atom stereocenters. The minimum Gasteiger partial charge on any atom is -0.394 e. The van der Waals surface area contributed by atoms with E-state index in [1.54, 1.807) is 7.11 Å². The quantitative estimate of drug-likeness (QED) is 0.619. The Hall–Kier alpha value is -1.02. The molecule has 146 valence electrons. The third-order valence-corrected chi connectivity index (χ3v) is 5.82. The summed E-state index contributed by atoms with van der Waals surface area (Å²) in [5.41, 5.74) is 1.92. The van der Waals surface area contributed by atoms with Crippen molar-refractivity contribution in [3.05, 3.63) is 35.4 Å². The van der Waals surface area contributed by atoms with Crippen LogP contribution in [0.1, 0.15) is 42.9 Å². The van der Waals surface area contributed by atoms with E-state index in [1.807, 2.05) is 18.2 Å². The first-order chi connectivity index (χ1) is 12.5. The zero-order valence-electron chi connectivity index (χ0n) is 15.2. The second-order valence-electron chi connectivity index (χ2n) is 7.58. The second-order valence-corrected chi connectivity index (χ2v) is 7.58. The van der Waals surface area contributed by atoms with E-state index >= 15 is 0 Å². The van der Waals surface area contributed by atoms with Crippen LogP contribution in [0.4, 0.5) is 0 Å². The zero-order chi connectivity index (χ0) is 18.7. The van der Waals surface area contributed by atoms with Gasteiger partial charge in [-0.1, -0.05) is 24.3 Å². The van der Waals surface area contributed by atoms with Gasteiger partial charge >= 0.3 is 0 Å². The van der Waals surface area contributed by atoms with Gasteiger partial charge in [-0.15, -0.1) is 0 Å². The predicted molar refractivity (Wildman–Crippen MR) is 95.6 cm³/mol. The first-order valence-electron chi connectivity index (χ1n) is 9.45. The summed E-state index contributed by atoms with van der Waals surface area (Å²) in [5.74, 6) is 0.617. The van der Waals surface area contributed by atoms with Crippen molar-refractivity contribution in [3.63, 3.8) is 0 Å². The molecule has 1 saturated carbocycles. The molecule has 1 aliphatic heterocycles. The predicted octanol–water partition coefficient (Wildman–Crippen LogP) is 0.949. The Labute approximate surface area is 154 Å². The molecular weight excluding hydrogens is 336 g/mol. The third-order valence-electron chi connectivity index (χ3n) is 5.82. The van der Waals surface area contributed by atoms with Gasteiger partial charge in [0.2, 0.25) is 0 Å². The first-order valence-corrected chi connectivity index (χ1v) is 9.45. The largest absolute Gasteiger partial charge is 0.394 e. The molecule has 0 amide bonds. The fourth-order valence-electron chi connectivity index (χ4n) is 4.18. The van der Waals surface area contributed by atoms with Gasteiger partial charge in [0, 0.05) is 7.11 Å². The smallest absolute Gasteiger partial charge is 0.113 e. The zero-order valence-corrected chi connectivity index (χ0v) is 15.2. The molecule has 0 bridgehead atoms. The van der Waals surface area contributed by atoms with E-state index < -0.39 is 37.1 Å². The molecule has 26 heavy (non-hydrogen) atoms. The summed E-state index contributed by atoms with van der Waals surface area (Å²) in [6.07, 6.45) is 0.242. The lowest BCUT2D eigenvalue weighted by Crippen LogP contribution is -2.55. The number of aliphatic hydroxyl groups excluding tert-OH is 4. The van der Waals surface area contributed by atoms with Gasteiger partial charge in [0.1, 0.15) is 30.5 Å². The maximum absolute atomic E-state index is 10.3. The van der Waals surface area contributed by atoms with Crippen LogP contribution in [0.3, 0.4) is 0 Å². The second kappa shape index (κ2) is 8.78. The Morgan fingerprint density at radius 2 is 1.77 bits per heavy atom. The number of ether oxygens (including phenoxy) is 2. The highest BCUT2D eigenvalue weighted by molar-refractivity contribution is 5.27. The number of hydrogen-bond donors (Lipinski definition) is 4. The molecule has 4 N–H and O–H groups in total. The summed E-state index contributed by atoms with van der Waals surface area (Å²) in [4.78, 5) is 0. The topological polar surface area (TPSA) is 99.4 Å². The van der Waals surface area contributed by atoms with E-state index in [4.69, 9.17) is 9.47 Å². The minimum absolute atomic E-state index is 0.381. The number of benzene rings is 1. The van der Waals surface area contributed by atoms with Crippen molar-refractivity contribution < 1.29 is 29.9 Å². The SMILES string of the molecule is COC1CCC(Cc2cccc([C@@H]3O[C@H](CO)[C@@H](O)[C@H](O)[C@H]3O)c2)CC1. The molecule has 0 aromatic heterocycles. The Morgan fingerprint density at radius 1 is 1.04 bits per heavy atom. The molecule has 0 radical (unpaired) electrons. The van der Waals surface area contributed by atoms with E-state index in [9.17, 15) is 20.4 Å². The molecule has 6 heteroatoms. The van der Waals surface area contributed by atoms with Gasteiger partial charge < -0.3 is 29.9 Å². The number of hydrogen-bond acceptors (Lipinski definition) is 6. The standard InChI is InChI=1S/C20H30O6/c1-25-15-7-5-12(6-8-15)9-13-3-2-4-14(10-13)20-19(24)18(23)17(22)16(11-21)26-20/h2-4,10,12,15-24H,5-9,11H2,1H3/t12?,15?,16-,17-,18+,19-,20+/m1/s1. The highest BCUT2D eigenvalue weighted by atomic mass is 16.5. The van der Waals surface area contributed by atoms with Crippen LogP contribution in [0.5, 0.6) is 0 Å². The molecule has 2 aliphatic rings. The molecule has 1 aliphatic carbocycles. The van der Waals surface area contributed by atoms with Crippen LogP contribution in [0, 0.1) is 5.92 Å². The van der Waals surface area contributed by atoms with Gasteiger partial charge in [-0.05, 0) is 49.1 Å². The Balaban J connectivity index is 1.68. The van der Waals surface area contributed by atoms with Crippen molar-refractivity contribution in [1.29, 1.82) is 0 Å². The van der Waals surface area contributed by atoms with Gasteiger partial charge in [-0.3, -0.25) is 0 Å². The number of aliphatic hydroxyl groups is 4. The minimum atomic E-state index is -1.35. The van der Waals surface area contributed by atoms with Crippen molar-refractivity contribution in [2.24, 2.45) is 5.92 Å². The summed E-state index contributed by atoms with van der Waals surface area (Å²) >= 11 is 0. The fourth-order valence-corrected chi connectivity index (χ4v) is 4.18. The molecule has 1 heterocycles. The van der Waals surface area contributed by atoms with E-state index in [0.717, 1.165) is 37.7 Å². The Bertz CT molecular complexity index is 569. The fraction of sp³-hybridized carbons (Fsp3) is 0.700. The van der Waals surface area contributed by atoms with E-state index in [-0.39, 0.29) is 0 Å². The lowest BCUT2D eigenvalue weighted by molar-refractivity contribution is -0.231. The average Bonchev–Trinajstić information content (AvgIpc) is 2.67. The summed E-state index contributed by atoms with van der Waals surface area (Å²) in [5, 5.41) is 39.6. The third kappa shape index (κ3) is 4.27. The highest BCUT2D eigenvalue weighted by Crippen LogP contribution is 2.34. The van der Waals surface area contributed by atoms with E-state index in [1.165, 1.54) is 5.56 Å². The number of methoxy groups -OCH3 is 1. The monoisotopic (exact) mass is 366 g/mol. The van der Waals surface area contributed by atoms with Crippen LogP contribution >= 0.6 is 0 Å². The van der Waals surface area contributed by atoms with Crippen molar-refractivity contribution in [2.75, 3.05) is 13.7 Å². The molecule has 5 atom stereocenters. The van der Waals surface area contributed by atoms with Gasteiger partial charge in [-0.25, -0.2) is 0 Å². The molecule has 2 fully saturated rings. The maximum Gasteiger partial charge on any atom is 0.113 e. The van der Waals surface area contributed by atoms with Gasteiger partial charge in [0.15, 0.2) is 0 Å². The molecule has 3 rings (SSSR count). The summed E-state index contributed by atoms with van der Waals surface area (Å²) in [7, 11) is 1.77. The van der Waals surface area contributed by atoms with Crippen molar-refractivity contribution in [1.82, 2.24) is 0 Å². The van der Waals surface area contributed by atoms with Crippen molar-refractivity contribution in [2.45, 2.75) is 68.7 Å². The summed E-state index contributed by atoms with van der Waals surface area (Å²) in [6.45, 7) is -0.413. The van der Waals surface area contributed by atoms with Crippen molar-refractivity contribution in [3.8, 4) is 0 Å². The van der Waals surface area contributed by atoms with Crippen LogP contribution in [-0.4, -0.2) is 64.7 Å².